The third-order valence-corrected chi connectivity index (χ3v) is 3.15. The van der Waals surface area contributed by atoms with E-state index in [1.807, 2.05) is 0 Å². The van der Waals surface area contributed by atoms with Gasteiger partial charge >= 0.3 is 5.97 Å². The van der Waals surface area contributed by atoms with E-state index in [1.165, 1.54) is 0 Å². The lowest BCUT2D eigenvalue weighted by atomic mass is 9.98. The summed E-state index contributed by atoms with van der Waals surface area (Å²) in [5, 5.41) is 28.6. The highest BCUT2D eigenvalue weighted by Crippen LogP contribution is 2.47. The lowest BCUT2D eigenvalue weighted by Crippen LogP contribution is -1.98. The predicted molar refractivity (Wildman–Crippen MR) is 63.7 cm³/mol. The Labute approximate surface area is 105 Å². The summed E-state index contributed by atoms with van der Waals surface area (Å²) < 4.78 is 5.15. The number of aromatic hydroxyl groups is 3. The van der Waals surface area contributed by atoms with Crippen LogP contribution in [0.2, 0.25) is 0 Å². The average molecular weight is 252 g/mol. The first kappa shape index (κ1) is 12.5. The fourth-order valence-corrected chi connectivity index (χ4v) is 2.19. The predicted octanol–water partition coefficient (Wildman–Crippen LogP) is 2.60. The Morgan fingerprint density at radius 2 is 1.94 bits per heavy atom. The number of carbonyl (C=O) groups excluding carboxylic acids is 1. The quantitative estimate of drug-likeness (QED) is 0.435. The number of benzene rings is 1. The molecule has 2 rings (SSSR count). The number of esters is 1. The third-order valence-electron chi connectivity index (χ3n) is 3.15. The largest absolute Gasteiger partial charge is 0.504 e. The topological polar surface area (TPSA) is 87.0 Å². The molecule has 0 saturated heterocycles. The molecule has 0 bridgehead atoms. The molecule has 3 N–H and O–H groups in total. The first-order chi connectivity index (χ1) is 8.56. The molecule has 1 aromatic carbocycles. The molecule has 0 spiro atoms. The summed E-state index contributed by atoms with van der Waals surface area (Å²) in [6.45, 7) is 2.07. The number of fused-ring (bicyclic) bond motifs is 1. The Hall–Kier alpha value is -1.91. The molecule has 1 aliphatic rings. The van der Waals surface area contributed by atoms with E-state index in [4.69, 9.17) is 4.74 Å². The number of hydrogen-bond acceptors (Lipinski definition) is 5. The van der Waals surface area contributed by atoms with Crippen molar-refractivity contribution in [1.29, 1.82) is 0 Å². The van der Waals surface area contributed by atoms with Crippen molar-refractivity contribution in [3.63, 3.8) is 0 Å². The van der Waals surface area contributed by atoms with Crippen LogP contribution >= 0.6 is 0 Å². The third kappa shape index (κ3) is 1.96. The minimum atomic E-state index is -0.604. The maximum atomic E-state index is 11.6. The highest BCUT2D eigenvalue weighted by atomic mass is 16.5. The Bertz CT molecular complexity index is 481. The summed E-state index contributed by atoms with van der Waals surface area (Å²) in [5.74, 6) is -2.15. The number of carbonyl (C=O) groups is 1. The molecule has 0 radical (unpaired) electrons. The smallest absolute Gasteiger partial charge is 0.339 e. The minimum Gasteiger partial charge on any atom is -0.504 e. The van der Waals surface area contributed by atoms with Crippen molar-refractivity contribution in [2.45, 2.75) is 38.7 Å². The number of phenolic OH excluding ortho intramolecular Hbond substituents is 3. The van der Waals surface area contributed by atoms with Crippen LogP contribution in [0.15, 0.2) is 6.07 Å². The van der Waals surface area contributed by atoms with Gasteiger partial charge in [-0.05, 0) is 18.9 Å². The average Bonchev–Trinajstić information content (AvgIpc) is 2.64. The van der Waals surface area contributed by atoms with Crippen LogP contribution in [0, 0.1) is 0 Å². The SMILES string of the molecule is CCCCCC1OC(=O)c2cc(O)c(O)c(O)c21. The highest BCUT2D eigenvalue weighted by molar-refractivity contribution is 5.96. The molecule has 0 saturated carbocycles. The molecule has 1 unspecified atom stereocenters. The molecule has 0 aliphatic carbocycles. The molecular formula is C13H16O5. The van der Waals surface area contributed by atoms with Crippen LogP contribution in [-0.2, 0) is 4.74 Å². The van der Waals surface area contributed by atoms with Crippen LogP contribution in [0.25, 0.3) is 0 Å². The molecule has 1 atom stereocenters. The van der Waals surface area contributed by atoms with Gasteiger partial charge in [-0.2, -0.15) is 0 Å². The van der Waals surface area contributed by atoms with E-state index in [0.29, 0.717) is 6.42 Å². The van der Waals surface area contributed by atoms with Crippen LogP contribution in [0.4, 0.5) is 0 Å². The number of ether oxygens (including phenoxy) is 1. The zero-order valence-electron chi connectivity index (χ0n) is 10.1. The lowest BCUT2D eigenvalue weighted by Gasteiger charge is -2.12. The minimum absolute atomic E-state index is 0.129. The highest BCUT2D eigenvalue weighted by Gasteiger charge is 2.36. The van der Waals surface area contributed by atoms with E-state index in [9.17, 15) is 20.1 Å². The normalized spacial score (nSPS) is 17.6. The van der Waals surface area contributed by atoms with Gasteiger partial charge < -0.3 is 20.1 Å². The molecule has 5 heteroatoms. The van der Waals surface area contributed by atoms with E-state index in [0.717, 1.165) is 25.3 Å². The van der Waals surface area contributed by atoms with Gasteiger partial charge in [-0.15, -0.1) is 0 Å². The van der Waals surface area contributed by atoms with Gasteiger partial charge in [0.1, 0.15) is 6.10 Å². The van der Waals surface area contributed by atoms with Crippen molar-refractivity contribution < 1.29 is 24.9 Å². The molecule has 1 aromatic rings. The van der Waals surface area contributed by atoms with Gasteiger partial charge in [0.25, 0.3) is 0 Å². The van der Waals surface area contributed by atoms with Crippen LogP contribution in [-0.4, -0.2) is 21.3 Å². The standard InChI is InChI=1S/C13H16O5/c1-2-3-4-5-9-10-7(13(17)18-9)6-8(14)11(15)12(10)16/h6,9,14-16H,2-5H2,1H3. The number of cyclic esters (lactones) is 1. The Morgan fingerprint density at radius 3 is 2.61 bits per heavy atom. The zero-order valence-corrected chi connectivity index (χ0v) is 10.1. The van der Waals surface area contributed by atoms with Crippen LogP contribution < -0.4 is 0 Å². The molecule has 18 heavy (non-hydrogen) atoms. The second-order valence-corrected chi connectivity index (χ2v) is 4.44. The van der Waals surface area contributed by atoms with Crippen LogP contribution in [0.1, 0.15) is 54.6 Å². The first-order valence-electron chi connectivity index (χ1n) is 6.05. The number of unbranched alkanes of at least 4 members (excludes halogenated alkanes) is 2. The molecule has 98 valence electrons. The van der Waals surface area contributed by atoms with Crippen molar-refractivity contribution in [3.8, 4) is 17.2 Å². The number of hydrogen-bond donors (Lipinski definition) is 3. The van der Waals surface area contributed by atoms with Gasteiger partial charge in [-0.1, -0.05) is 19.8 Å². The van der Waals surface area contributed by atoms with Gasteiger partial charge in [0.05, 0.1) is 11.1 Å². The summed E-state index contributed by atoms with van der Waals surface area (Å²) in [4.78, 5) is 11.6. The van der Waals surface area contributed by atoms with Crippen molar-refractivity contribution >= 4 is 5.97 Å². The van der Waals surface area contributed by atoms with Gasteiger partial charge in [0.2, 0.25) is 5.75 Å². The van der Waals surface area contributed by atoms with Crippen LogP contribution in [0.5, 0.6) is 17.2 Å². The Kier molecular flexibility index (Phi) is 3.32. The molecule has 5 nitrogen and oxygen atoms in total. The fraction of sp³-hybridized carbons (Fsp3) is 0.462. The van der Waals surface area contributed by atoms with Crippen LogP contribution in [0.3, 0.4) is 0 Å². The number of phenols is 3. The molecule has 0 amide bonds. The van der Waals surface area contributed by atoms with Gasteiger partial charge in [0, 0.05) is 0 Å². The maximum Gasteiger partial charge on any atom is 0.339 e. The summed E-state index contributed by atoms with van der Waals surface area (Å²) in [6.07, 6.45) is 2.99. The molecular weight excluding hydrogens is 236 g/mol. The summed E-state index contributed by atoms with van der Waals surface area (Å²) in [6, 6.07) is 1.13. The molecule has 0 fully saturated rings. The van der Waals surface area contributed by atoms with Crippen molar-refractivity contribution in [2.24, 2.45) is 0 Å². The van der Waals surface area contributed by atoms with E-state index in [1.54, 1.807) is 0 Å². The van der Waals surface area contributed by atoms with E-state index in [-0.39, 0.29) is 11.1 Å². The fourth-order valence-electron chi connectivity index (χ4n) is 2.19. The van der Waals surface area contributed by atoms with Gasteiger partial charge in [0.15, 0.2) is 11.5 Å². The summed E-state index contributed by atoms with van der Waals surface area (Å²) in [7, 11) is 0. The molecule has 1 aliphatic heterocycles. The Balaban J connectivity index is 2.33. The van der Waals surface area contributed by atoms with Gasteiger partial charge in [-0.3, -0.25) is 0 Å². The molecule has 1 heterocycles. The Morgan fingerprint density at radius 1 is 1.22 bits per heavy atom. The summed E-state index contributed by atoms with van der Waals surface area (Å²) in [5.41, 5.74) is 0.413. The van der Waals surface area contributed by atoms with Crippen molar-refractivity contribution in [3.05, 3.63) is 17.2 Å². The monoisotopic (exact) mass is 252 g/mol. The second-order valence-electron chi connectivity index (χ2n) is 4.44. The van der Waals surface area contributed by atoms with Gasteiger partial charge in [-0.25, -0.2) is 4.79 Å². The van der Waals surface area contributed by atoms with E-state index in [2.05, 4.69) is 6.92 Å². The second kappa shape index (κ2) is 4.76. The maximum absolute atomic E-state index is 11.6. The summed E-state index contributed by atoms with van der Waals surface area (Å²) >= 11 is 0. The van der Waals surface area contributed by atoms with E-state index < -0.39 is 29.3 Å². The lowest BCUT2D eigenvalue weighted by molar-refractivity contribution is 0.0360. The zero-order chi connectivity index (χ0) is 13.3. The van der Waals surface area contributed by atoms with E-state index >= 15 is 0 Å². The molecule has 0 aromatic heterocycles. The number of rotatable bonds is 4. The van der Waals surface area contributed by atoms with Crippen molar-refractivity contribution in [1.82, 2.24) is 0 Å². The van der Waals surface area contributed by atoms with Crippen molar-refractivity contribution in [2.75, 3.05) is 0 Å². The first-order valence-corrected chi connectivity index (χ1v) is 6.05.